The predicted molar refractivity (Wildman–Crippen MR) is 82.0 cm³/mol. The van der Waals surface area contributed by atoms with Crippen LogP contribution in [-0.2, 0) is 0 Å². The number of rotatable bonds is 2. The summed E-state index contributed by atoms with van der Waals surface area (Å²) < 4.78 is 66.3. The largest absolute Gasteiger partial charge is 0.332 e. The molecule has 0 atom stereocenters. The van der Waals surface area contributed by atoms with Crippen LogP contribution in [0.25, 0.3) is 0 Å². The molecule has 23 heavy (non-hydrogen) atoms. The lowest BCUT2D eigenvalue weighted by Crippen LogP contribution is -2.22. The van der Waals surface area contributed by atoms with Crippen LogP contribution in [0, 0.1) is 42.9 Å². The van der Waals surface area contributed by atoms with E-state index in [9.17, 15) is 22.0 Å². The van der Waals surface area contributed by atoms with Crippen molar-refractivity contribution in [1.82, 2.24) is 0 Å². The van der Waals surface area contributed by atoms with E-state index in [1.54, 1.807) is 19.1 Å². The van der Waals surface area contributed by atoms with Gasteiger partial charge < -0.3 is 10.6 Å². The summed E-state index contributed by atoms with van der Waals surface area (Å²) in [7, 11) is 0. The summed E-state index contributed by atoms with van der Waals surface area (Å²) >= 11 is 4.85. The number of benzene rings is 2. The monoisotopic (exact) mass is 346 g/mol. The highest BCUT2D eigenvalue weighted by atomic mass is 32.1. The molecule has 2 aromatic rings. The molecule has 0 unspecified atom stereocenters. The van der Waals surface area contributed by atoms with E-state index in [4.69, 9.17) is 12.2 Å². The Morgan fingerprint density at radius 1 is 0.826 bits per heavy atom. The van der Waals surface area contributed by atoms with Crippen LogP contribution in [0.2, 0.25) is 0 Å². The molecule has 2 N–H and O–H groups in total. The van der Waals surface area contributed by atoms with Gasteiger partial charge in [0, 0.05) is 5.69 Å². The molecule has 0 heterocycles. The van der Waals surface area contributed by atoms with E-state index >= 15 is 0 Å². The second-order valence-corrected chi connectivity index (χ2v) is 5.25. The number of aryl methyl sites for hydroxylation is 2. The van der Waals surface area contributed by atoms with Crippen LogP contribution in [0.15, 0.2) is 18.2 Å². The molecule has 0 saturated heterocycles. The highest BCUT2D eigenvalue weighted by Gasteiger charge is 2.26. The Kier molecular flexibility index (Phi) is 4.84. The second-order valence-electron chi connectivity index (χ2n) is 4.84. The van der Waals surface area contributed by atoms with Crippen molar-refractivity contribution in [2.24, 2.45) is 0 Å². The van der Waals surface area contributed by atoms with E-state index < -0.39 is 34.8 Å². The third-order valence-electron chi connectivity index (χ3n) is 3.08. The van der Waals surface area contributed by atoms with Crippen molar-refractivity contribution >= 4 is 28.7 Å². The Hall–Kier alpha value is -2.22. The molecule has 0 spiro atoms. The SMILES string of the molecule is Cc1ccc(NC(=S)Nc2c(F)c(F)c(F)c(F)c2F)c(C)c1. The average molecular weight is 346 g/mol. The Balaban J connectivity index is 2.27. The van der Waals surface area contributed by atoms with Gasteiger partial charge in [-0.1, -0.05) is 17.7 Å². The van der Waals surface area contributed by atoms with Gasteiger partial charge in [0.1, 0.15) is 5.69 Å². The van der Waals surface area contributed by atoms with Crippen LogP contribution in [0.3, 0.4) is 0 Å². The van der Waals surface area contributed by atoms with Crippen LogP contribution in [0.1, 0.15) is 11.1 Å². The average Bonchev–Trinajstić information content (AvgIpc) is 2.50. The Labute approximate surface area is 134 Å². The lowest BCUT2D eigenvalue weighted by molar-refractivity contribution is 0.382. The van der Waals surface area contributed by atoms with Crippen LogP contribution < -0.4 is 10.6 Å². The number of anilines is 2. The smallest absolute Gasteiger partial charge is 0.200 e. The summed E-state index contributed by atoms with van der Waals surface area (Å²) in [6.45, 7) is 3.65. The minimum Gasteiger partial charge on any atom is -0.332 e. The molecule has 2 rings (SSSR count). The van der Waals surface area contributed by atoms with E-state index in [1.807, 2.05) is 18.3 Å². The van der Waals surface area contributed by atoms with E-state index in [0.717, 1.165) is 11.1 Å². The molecule has 0 saturated carbocycles. The fourth-order valence-electron chi connectivity index (χ4n) is 1.94. The molecule has 2 nitrogen and oxygen atoms in total. The van der Waals surface area contributed by atoms with Gasteiger partial charge in [-0.25, -0.2) is 22.0 Å². The second kappa shape index (κ2) is 6.49. The zero-order valence-corrected chi connectivity index (χ0v) is 12.8. The molecule has 0 amide bonds. The molecule has 0 aliphatic carbocycles. The van der Waals surface area contributed by atoms with Gasteiger partial charge in [0.25, 0.3) is 0 Å². The molecule has 122 valence electrons. The van der Waals surface area contributed by atoms with Crippen molar-refractivity contribution in [3.63, 3.8) is 0 Å². The van der Waals surface area contributed by atoms with Crippen molar-refractivity contribution in [3.05, 3.63) is 58.4 Å². The molecule has 0 aromatic heterocycles. The summed E-state index contributed by atoms with van der Waals surface area (Å²) in [5.74, 6) is -10.3. The molecule has 0 aliphatic heterocycles. The van der Waals surface area contributed by atoms with Crippen molar-refractivity contribution in [3.8, 4) is 0 Å². The number of nitrogens with one attached hydrogen (secondary N) is 2. The first-order valence-corrected chi connectivity index (χ1v) is 6.80. The maximum absolute atomic E-state index is 13.6. The Morgan fingerprint density at radius 3 is 1.87 bits per heavy atom. The van der Waals surface area contributed by atoms with Crippen LogP contribution >= 0.6 is 12.2 Å². The molecule has 0 fully saturated rings. The third-order valence-corrected chi connectivity index (χ3v) is 3.28. The lowest BCUT2D eigenvalue weighted by Gasteiger charge is -2.14. The summed E-state index contributed by atoms with van der Waals surface area (Å²) in [5.41, 5.74) is 1.12. The highest BCUT2D eigenvalue weighted by molar-refractivity contribution is 7.80. The first kappa shape index (κ1) is 17.1. The van der Waals surface area contributed by atoms with Crippen LogP contribution in [0.4, 0.5) is 33.3 Å². The van der Waals surface area contributed by atoms with Gasteiger partial charge >= 0.3 is 0 Å². The lowest BCUT2D eigenvalue weighted by atomic mass is 10.1. The fourth-order valence-corrected chi connectivity index (χ4v) is 2.15. The van der Waals surface area contributed by atoms with Gasteiger partial charge in [0.05, 0.1) is 0 Å². The minimum atomic E-state index is -2.22. The first-order chi connectivity index (χ1) is 10.7. The number of hydrogen-bond donors (Lipinski definition) is 2. The predicted octanol–water partition coefficient (Wildman–Crippen LogP) is 4.81. The van der Waals surface area contributed by atoms with Crippen molar-refractivity contribution in [2.75, 3.05) is 10.6 Å². The summed E-state index contributed by atoms with van der Waals surface area (Å²) in [4.78, 5) is 0. The molecule has 0 bridgehead atoms. The molecule has 2 aromatic carbocycles. The van der Waals surface area contributed by atoms with E-state index in [0.29, 0.717) is 5.69 Å². The topological polar surface area (TPSA) is 24.1 Å². The van der Waals surface area contributed by atoms with E-state index in [2.05, 4.69) is 5.32 Å². The van der Waals surface area contributed by atoms with Gasteiger partial charge in [0.15, 0.2) is 28.4 Å². The third kappa shape index (κ3) is 3.42. The van der Waals surface area contributed by atoms with E-state index in [1.165, 1.54) is 0 Å². The Morgan fingerprint density at radius 2 is 1.35 bits per heavy atom. The number of thiocarbonyl (C=S) groups is 1. The van der Waals surface area contributed by atoms with Gasteiger partial charge in [0.2, 0.25) is 5.82 Å². The van der Waals surface area contributed by atoms with Crippen LogP contribution in [-0.4, -0.2) is 5.11 Å². The molecule has 0 radical (unpaired) electrons. The van der Waals surface area contributed by atoms with Gasteiger partial charge in [-0.3, -0.25) is 0 Å². The summed E-state index contributed by atoms with van der Waals surface area (Å²) in [6.07, 6.45) is 0. The zero-order chi connectivity index (χ0) is 17.3. The normalized spacial score (nSPS) is 10.6. The van der Waals surface area contributed by atoms with Crippen molar-refractivity contribution in [1.29, 1.82) is 0 Å². The van der Waals surface area contributed by atoms with Crippen molar-refractivity contribution in [2.45, 2.75) is 13.8 Å². The van der Waals surface area contributed by atoms with Gasteiger partial charge in [-0.2, -0.15) is 0 Å². The summed E-state index contributed by atoms with van der Waals surface area (Å²) in [6, 6.07) is 5.29. The zero-order valence-electron chi connectivity index (χ0n) is 12.0. The molecular weight excluding hydrogens is 335 g/mol. The van der Waals surface area contributed by atoms with Gasteiger partial charge in [-0.05, 0) is 37.7 Å². The standard InChI is InChI=1S/C15H11F5N2S/c1-6-3-4-8(7(2)5-6)21-15(23)22-14-12(19)10(17)9(16)11(18)13(14)20/h3-5H,1-2H3,(H2,21,22,23). The number of halogens is 5. The number of hydrogen-bond acceptors (Lipinski definition) is 1. The van der Waals surface area contributed by atoms with Crippen LogP contribution in [0.5, 0.6) is 0 Å². The first-order valence-electron chi connectivity index (χ1n) is 6.39. The minimum absolute atomic E-state index is 0.305. The van der Waals surface area contributed by atoms with E-state index in [-0.39, 0.29) is 5.11 Å². The quantitative estimate of drug-likeness (QED) is 0.353. The van der Waals surface area contributed by atoms with Crippen molar-refractivity contribution < 1.29 is 22.0 Å². The highest BCUT2D eigenvalue weighted by Crippen LogP contribution is 2.27. The maximum Gasteiger partial charge on any atom is 0.200 e. The molecule has 8 heteroatoms. The molecule has 0 aliphatic rings. The maximum atomic E-state index is 13.6. The fraction of sp³-hybridized carbons (Fsp3) is 0.133. The molecular formula is C15H11F5N2S. The summed E-state index contributed by atoms with van der Waals surface area (Å²) in [5, 5.41) is 4.34. The van der Waals surface area contributed by atoms with Gasteiger partial charge in [-0.15, -0.1) is 0 Å². The Bertz CT molecular complexity index is 763.